The van der Waals surface area contributed by atoms with Gasteiger partial charge >= 0.3 is 37.9 Å². The maximum absolute atomic E-state index is 4.93. The molecule has 0 heterocycles. The third-order valence-electron chi connectivity index (χ3n) is 8.93. The fourth-order valence-corrected chi connectivity index (χ4v) is 6.40. The van der Waals surface area contributed by atoms with Crippen LogP contribution < -0.4 is 0 Å². The van der Waals surface area contributed by atoms with E-state index in [1.165, 1.54) is 66.1 Å². The second-order valence-electron chi connectivity index (χ2n) is 15.7. The van der Waals surface area contributed by atoms with Crippen LogP contribution in [0.3, 0.4) is 0 Å². The molecule has 0 spiro atoms. The van der Waals surface area contributed by atoms with Crippen LogP contribution in [0, 0.1) is 0 Å². The number of benzene rings is 4. The summed E-state index contributed by atoms with van der Waals surface area (Å²) in [6, 6.07) is 40.4. The van der Waals surface area contributed by atoms with Crippen LogP contribution in [0.15, 0.2) is 109 Å². The molecule has 0 N–H and O–H groups in total. The summed E-state index contributed by atoms with van der Waals surface area (Å²) in [6.45, 7) is 27.1. The first-order chi connectivity index (χ1) is 23.6. The van der Waals surface area contributed by atoms with Crippen LogP contribution >= 0.6 is 17.0 Å². The molecular weight excluding hydrogens is 743 g/mol. The third kappa shape index (κ3) is 10.9. The SMILES string of the molecule is CC(C)c1cc2c(-c3ccccc3C(C)(C)C)cccc2[cH-]1.CC(C)c1cc2c(-c3ccccc3C(C)(C)C)cccc2[cH-]1.C[Si]C.[Cl][Zr+2][Cl]. The van der Waals surface area contributed by atoms with Crippen molar-refractivity contribution in [3.63, 3.8) is 0 Å². The predicted octanol–water partition coefficient (Wildman–Crippen LogP) is 15.5. The van der Waals surface area contributed by atoms with Gasteiger partial charge in [0.2, 0.25) is 0 Å². The van der Waals surface area contributed by atoms with Gasteiger partial charge in [-0.2, -0.15) is 12.1 Å². The molecule has 6 aromatic carbocycles. The fraction of sp³-hybridized carbons (Fsp3) is 0.348. The van der Waals surface area contributed by atoms with Crippen molar-refractivity contribution < 1.29 is 20.8 Å². The quantitative estimate of drug-likeness (QED) is 0.123. The molecule has 0 nitrogen and oxygen atoms in total. The van der Waals surface area contributed by atoms with E-state index in [9.17, 15) is 0 Å². The molecule has 0 unspecified atom stereocenters. The Kier molecular flexibility index (Phi) is 16.1. The molecule has 0 aliphatic heterocycles. The van der Waals surface area contributed by atoms with E-state index in [-0.39, 0.29) is 10.8 Å². The number of rotatable bonds is 4. The fourth-order valence-electron chi connectivity index (χ4n) is 6.40. The number of fused-ring (bicyclic) bond motifs is 2. The average molecular weight is 799 g/mol. The Balaban J connectivity index is 0.000000234. The van der Waals surface area contributed by atoms with Crippen molar-refractivity contribution in [2.75, 3.05) is 0 Å². The molecule has 0 aliphatic rings. The van der Waals surface area contributed by atoms with E-state index < -0.39 is 20.8 Å². The summed E-state index contributed by atoms with van der Waals surface area (Å²) in [7, 11) is 11.0. The van der Waals surface area contributed by atoms with Gasteiger partial charge in [0.25, 0.3) is 0 Å². The molecule has 50 heavy (non-hydrogen) atoms. The van der Waals surface area contributed by atoms with Crippen LogP contribution in [0.4, 0.5) is 0 Å². The molecule has 2 radical (unpaired) electrons. The van der Waals surface area contributed by atoms with Gasteiger partial charge in [0, 0.05) is 9.52 Å². The molecule has 0 amide bonds. The van der Waals surface area contributed by atoms with E-state index in [1.807, 2.05) is 0 Å². The van der Waals surface area contributed by atoms with E-state index in [2.05, 4.69) is 192 Å². The van der Waals surface area contributed by atoms with Crippen LogP contribution in [0.2, 0.25) is 13.1 Å². The Morgan fingerprint density at radius 2 is 0.820 bits per heavy atom. The zero-order valence-corrected chi connectivity index (χ0v) is 37.3. The molecule has 0 bridgehead atoms. The van der Waals surface area contributed by atoms with E-state index in [0.717, 1.165) is 9.52 Å². The molecule has 0 fully saturated rings. The molecule has 4 heteroatoms. The summed E-state index contributed by atoms with van der Waals surface area (Å²) in [6.07, 6.45) is 0. The van der Waals surface area contributed by atoms with Gasteiger partial charge in [0.15, 0.2) is 0 Å². The first kappa shape index (κ1) is 42.2. The molecule has 6 rings (SSSR count). The zero-order valence-electron chi connectivity index (χ0n) is 32.3. The normalized spacial score (nSPS) is 11.4. The molecule has 0 aromatic heterocycles. The monoisotopic (exact) mass is 796 g/mol. The Hall–Kier alpha value is -2.22. The van der Waals surface area contributed by atoms with Crippen molar-refractivity contribution >= 4 is 48.1 Å². The molecule has 262 valence electrons. The summed E-state index contributed by atoms with van der Waals surface area (Å²) in [5, 5.41) is 5.46. The van der Waals surface area contributed by atoms with Crippen LogP contribution in [0.5, 0.6) is 0 Å². The van der Waals surface area contributed by atoms with Gasteiger partial charge in [0.1, 0.15) is 0 Å². The predicted molar refractivity (Wildman–Crippen MR) is 225 cm³/mol. The minimum atomic E-state index is -0.826. The second kappa shape index (κ2) is 19.0. The van der Waals surface area contributed by atoms with Crippen LogP contribution in [-0.2, 0) is 31.7 Å². The first-order valence-corrected chi connectivity index (χ1v) is 26.0. The third-order valence-corrected chi connectivity index (χ3v) is 8.93. The van der Waals surface area contributed by atoms with E-state index in [1.54, 1.807) is 0 Å². The average Bonchev–Trinajstić information content (AvgIpc) is 3.71. The van der Waals surface area contributed by atoms with E-state index in [0.29, 0.717) is 11.8 Å². The second-order valence-corrected chi connectivity index (χ2v) is 20.4. The Bertz CT molecular complexity index is 1790. The van der Waals surface area contributed by atoms with Crippen molar-refractivity contribution in [1.82, 2.24) is 0 Å². The molecule has 0 aliphatic carbocycles. The van der Waals surface area contributed by atoms with E-state index in [4.69, 9.17) is 17.0 Å². The van der Waals surface area contributed by atoms with E-state index >= 15 is 0 Å². The summed E-state index contributed by atoms with van der Waals surface area (Å²) < 4.78 is 0. The van der Waals surface area contributed by atoms with Gasteiger partial charge in [0.05, 0.1) is 0 Å². The Morgan fingerprint density at radius 1 is 0.520 bits per heavy atom. The zero-order chi connectivity index (χ0) is 37.2. The first-order valence-electron chi connectivity index (χ1n) is 17.7. The summed E-state index contributed by atoms with van der Waals surface area (Å²) in [5.41, 5.74) is 11.4. The van der Waals surface area contributed by atoms with Crippen molar-refractivity contribution in [2.24, 2.45) is 0 Å². The topological polar surface area (TPSA) is 0 Å². The van der Waals surface area contributed by atoms with Crippen LogP contribution in [-0.4, -0.2) is 9.52 Å². The van der Waals surface area contributed by atoms with Crippen molar-refractivity contribution in [3.05, 3.63) is 131 Å². The van der Waals surface area contributed by atoms with Gasteiger partial charge in [-0.15, -0.1) is 69.1 Å². The molecule has 0 saturated heterocycles. The van der Waals surface area contributed by atoms with Gasteiger partial charge < -0.3 is 0 Å². The molecule has 0 saturated carbocycles. The van der Waals surface area contributed by atoms with Gasteiger partial charge in [-0.3, -0.25) is 0 Å². The Morgan fingerprint density at radius 3 is 1.12 bits per heavy atom. The van der Waals surface area contributed by atoms with Gasteiger partial charge in [-0.1, -0.05) is 154 Å². The van der Waals surface area contributed by atoms with Crippen LogP contribution in [0.1, 0.15) is 103 Å². The van der Waals surface area contributed by atoms with Crippen molar-refractivity contribution in [2.45, 2.75) is 105 Å². The van der Waals surface area contributed by atoms with Gasteiger partial charge in [-0.25, -0.2) is 0 Å². The summed E-state index contributed by atoms with van der Waals surface area (Å²) >= 11 is -0.826. The van der Waals surface area contributed by atoms with Crippen LogP contribution in [0.25, 0.3) is 43.8 Å². The van der Waals surface area contributed by atoms with Crippen molar-refractivity contribution in [1.29, 1.82) is 0 Å². The van der Waals surface area contributed by atoms with Crippen molar-refractivity contribution in [3.8, 4) is 22.3 Å². The standard InChI is InChI=1S/2C22H25.C2H6Si.2ClH.Zr/c2*1-15(2)17-13-16-9-8-11-18(20(16)14-17)19-10-6-7-12-21(19)22(3,4)5;1-3-2;;;/h2*6-15H,1-5H3;1-2H3;2*1H;/q2*-1;;;;+4/p-2. The summed E-state index contributed by atoms with van der Waals surface area (Å²) in [5.74, 6) is 1.14. The minimum absolute atomic E-state index is 0.145. The Labute approximate surface area is 325 Å². The van der Waals surface area contributed by atoms with Gasteiger partial charge in [-0.05, 0) is 44.9 Å². The molecular formula is C46H56Cl2SiZr. The number of hydrogen-bond donors (Lipinski definition) is 0. The number of halogens is 2. The molecule has 0 atom stereocenters. The number of hydrogen-bond acceptors (Lipinski definition) is 0. The molecule has 6 aromatic rings. The maximum atomic E-state index is 4.93. The summed E-state index contributed by atoms with van der Waals surface area (Å²) in [4.78, 5) is 0.